The predicted molar refractivity (Wildman–Crippen MR) is 77.0 cm³/mol. The lowest BCUT2D eigenvalue weighted by Gasteiger charge is -2.25. The molecule has 2 rings (SSSR count). The first-order valence-corrected chi connectivity index (χ1v) is 7.57. The molecule has 6 nitrogen and oxygen atoms in total. The number of unbranched alkanes of at least 4 members (excludes halogenated alkanes) is 1. The molecule has 0 aliphatic heterocycles. The van der Waals surface area contributed by atoms with Crippen molar-refractivity contribution < 1.29 is 4.79 Å². The Morgan fingerprint density at radius 3 is 2.65 bits per heavy atom. The van der Waals surface area contributed by atoms with Crippen LogP contribution in [0.4, 0.5) is 0 Å². The Kier molecular flexibility index (Phi) is 5.11. The molecule has 1 aromatic heterocycles. The average molecular weight is 279 g/mol. The highest BCUT2D eigenvalue weighted by molar-refractivity contribution is 5.75. The zero-order chi connectivity index (χ0) is 14.5. The van der Waals surface area contributed by atoms with Gasteiger partial charge in [-0.15, -0.1) is 0 Å². The Labute approximate surface area is 119 Å². The van der Waals surface area contributed by atoms with Gasteiger partial charge in [0, 0.05) is 18.5 Å². The summed E-state index contributed by atoms with van der Waals surface area (Å²) in [6.07, 6.45) is 6.49. The van der Waals surface area contributed by atoms with E-state index in [1.165, 1.54) is 0 Å². The topological polar surface area (TPSA) is 99.8 Å². The number of hydrogen-bond acceptors (Lipinski definition) is 4. The molecular weight excluding hydrogens is 254 g/mol. The van der Waals surface area contributed by atoms with Crippen LogP contribution < -0.4 is 11.5 Å². The van der Waals surface area contributed by atoms with Crippen molar-refractivity contribution in [3.05, 3.63) is 11.6 Å². The van der Waals surface area contributed by atoms with E-state index in [0.717, 1.165) is 50.9 Å². The van der Waals surface area contributed by atoms with E-state index < -0.39 is 0 Å². The van der Waals surface area contributed by atoms with Crippen molar-refractivity contribution in [2.45, 2.75) is 70.4 Å². The van der Waals surface area contributed by atoms with Crippen molar-refractivity contribution in [3.8, 4) is 0 Å². The maximum absolute atomic E-state index is 11.0. The van der Waals surface area contributed by atoms with E-state index in [4.69, 9.17) is 11.5 Å². The Balaban J connectivity index is 2.15. The lowest BCUT2D eigenvalue weighted by Crippen LogP contribution is -2.27. The summed E-state index contributed by atoms with van der Waals surface area (Å²) in [7, 11) is 0. The molecule has 0 atom stereocenters. The van der Waals surface area contributed by atoms with E-state index in [0.29, 0.717) is 17.8 Å². The Morgan fingerprint density at radius 1 is 1.35 bits per heavy atom. The third-order valence-electron chi connectivity index (χ3n) is 3.94. The lowest BCUT2D eigenvalue weighted by atomic mass is 9.86. The van der Waals surface area contributed by atoms with Gasteiger partial charge in [-0.05, 0) is 32.1 Å². The van der Waals surface area contributed by atoms with Crippen LogP contribution in [0.5, 0.6) is 0 Å². The van der Waals surface area contributed by atoms with Crippen molar-refractivity contribution in [3.63, 3.8) is 0 Å². The highest BCUT2D eigenvalue weighted by atomic mass is 16.1. The molecule has 20 heavy (non-hydrogen) atoms. The molecule has 1 amide bonds. The summed E-state index contributed by atoms with van der Waals surface area (Å²) in [6, 6.07) is 0.323. The maximum atomic E-state index is 11.0. The van der Waals surface area contributed by atoms with Crippen LogP contribution >= 0.6 is 0 Å². The van der Waals surface area contributed by atoms with Gasteiger partial charge >= 0.3 is 0 Å². The van der Waals surface area contributed by atoms with Crippen LogP contribution in [0.3, 0.4) is 0 Å². The van der Waals surface area contributed by atoms with Crippen LogP contribution in [0, 0.1) is 0 Å². The highest BCUT2D eigenvalue weighted by Gasteiger charge is 2.25. The fourth-order valence-corrected chi connectivity index (χ4v) is 2.79. The minimum absolute atomic E-state index is 0.123. The number of aromatic nitrogens is 3. The number of carbonyl (C=O) groups is 1. The molecule has 1 heterocycles. The van der Waals surface area contributed by atoms with Gasteiger partial charge in [-0.1, -0.05) is 13.3 Å². The number of nitrogens with zero attached hydrogens (tertiary/aromatic N) is 3. The van der Waals surface area contributed by atoms with Crippen molar-refractivity contribution in [1.82, 2.24) is 14.8 Å². The second kappa shape index (κ2) is 6.83. The smallest absolute Gasteiger partial charge is 0.225 e. The molecule has 1 saturated carbocycles. The van der Waals surface area contributed by atoms with Gasteiger partial charge in [-0.25, -0.2) is 9.67 Å². The van der Waals surface area contributed by atoms with Gasteiger partial charge in [0.15, 0.2) is 5.82 Å². The van der Waals surface area contributed by atoms with Crippen molar-refractivity contribution in [1.29, 1.82) is 0 Å². The van der Waals surface area contributed by atoms with E-state index in [2.05, 4.69) is 17.0 Å². The number of aryl methyl sites for hydroxylation is 1. The van der Waals surface area contributed by atoms with Gasteiger partial charge in [0.05, 0.1) is 6.42 Å². The van der Waals surface area contributed by atoms with Gasteiger partial charge in [-0.3, -0.25) is 4.79 Å². The molecule has 1 aromatic rings. The number of nitrogens with two attached hydrogens (primary N) is 2. The SMILES string of the molecule is CCCCn1nc(CC(N)=O)nc1C1CCC(N)CC1. The van der Waals surface area contributed by atoms with E-state index in [9.17, 15) is 4.79 Å². The van der Waals surface area contributed by atoms with Crippen molar-refractivity contribution >= 4 is 5.91 Å². The standard InChI is InChI=1S/C14H25N5O/c1-2-3-8-19-14(10-4-6-11(15)7-5-10)17-13(18-19)9-12(16)20/h10-11H,2-9,15H2,1H3,(H2,16,20). The molecule has 0 unspecified atom stereocenters. The van der Waals surface area contributed by atoms with Crippen molar-refractivity contribution in [2.75, 3.05) is 0 Å². The number of primary amides is 1. The van der Waals surface area contributed by atoms with Crippen LogP contribution in [0.2, 0.25) is 0 Å². The Bertz CT molecular complexity index is 448. The highest BCUT2D eigenvalue weighted by Crippen LogP contribution is 2.31. The van der Waals surface area contributed by atoms with Crippen LogP contribution in [0.25, 0.3) is 0 Å². The first-order valence-electron chi connectivity index (χ1n) is 7.57. The summed E-state index contributed by atoms with van der Waals surface area (Å²) in [5.74, 6) is 1.61. The lowest BCUT2D eigenvalue weighted by molar-refractivity contribution is -0.117. The molecule has 0 spiro atoms. The molecule has 1 aliphatic rings. The number of carbonyl (C=O) groups excluding carboxylic acids is 1. The average Bonchev–Trinajstić information content (AvgIpc) is 2.79. The minimum Gasteiger partial charge on any atom is -0.369 e. The number of rotatable bonds is 6. The maximum Gasteiger partial charge on any atom is 0.225 e. The summed E-state index contributed by atoms with van der Waals surface area (Å²) in [5.41, 5.74) is 11.2. The fourth-order valence-electron chi connectivity index (χ4n) is 2.79. The second-order valence-corrected chi connectivity index (χ2v) is 5.72. The van der Waals surface area contributed by atoms with Gasteiger partial charge in [0.2, 0.25) is 5.91 Å². The van der Waals surface area contributed by atoms with Gasteiger partial charge < -0.3 is 11.5 Å². The van der Waals surface area contributed by atoms with Gasteiger partial charge in [0.25, 0.3) is 0 Å². The van der Waals surface area contributed by atoms with E-state index >= 15 is 0 Å². The third kappa shape index (κ3) is 3.79. The first kappa shape index (κ1) is 15.0. The van der Waals surface area contributed by atoms with E-state index in [1.54, 1.807) is 0 Å². The largest absolute Gasteiger partial charge is 0.369 e. The first-order chi connectivity index (χ1) is 9.60. The quantitative estimate of drug-likeness (QED) is 0.814. The van der Waals surface area contributed by atoms with Crippen LogP contribution in [0.1, 0.15) is 63.0 Å². The summed E-state index contributed by atoms with van der Waals surface area (Å²) < 4.78 is 1.98. The molecule has 1 aliphatic carbocycles. The second-order valence-electron chi connectivity index (χ2n) is 5.72. The number of hydrogen-bond donors (Lipinski definition) is 2. The summed E-state index contributed by atoms with van der Waals surface area (Å²) in [5, 5.41) is 4.46. The Morgan fingerprint density at radius 2 is 2.05 bits per heavy atom. The summed E-state index contributed by atoms with van der Waals surface area (Å²) >= 11 is 0. The van der Waals surface area contributed by atoms with Crippen LogP contribution in [0.15, 0.2) is 0 Å². The molecule has 112 valence electrons. The van der Waals surface area contributed by atoms with Crippen LogP contribution in [-0.4, -0.2) is 26.7 Å². The predicted octanol–water partition coefficient (Wildman–Crippen LogP) is 1.09. The normalized spacial score (nSPS) is 22.9. The fraction of sp³-hybridized carbons (Fsp3) is 0.786. The molecule has 6 heteroatoms. The zero-order valence-electron chi connectivity index (χ0n) is 12.2. The van der Waals surface area contributed by atoms with E-state index in [1.807, 2.05) is 4.68 Å². The Hall–Kier alpha value is -1.43. The molecule has 0 radical (unpaired) electrons. The molecule has 0 bridgehead atoms. The minimum atomic E-state index is -0.380. The molecule has 1 fully saturated rings. The molecule has 0 saturated heterocycles. The van der Waals surface area contributed by atoms with Crippen molar-refractivity contribution in [2.24, 2.45) is 11.5 Å². The monoisotopic (exact) mass is 279 g/mol. The molecular formula is C14H25N5O. The van der Waals surface area contributed by atoms with E-state index in [-0.39, 0.29) is 12.3 Å². The van der Waals surface area contributed by atoms with Crippen LogP contribution in [-0.2, 0) is 17.8 Å². The third-order valence-corrected chi connectivity index (χ3v) is 3.94. The van der Waals surface area contributed by atoms with Gasteiger partial charge in [-0.2, -0.15) is 5.10 Å². The molecule has 4 N–H and O–H groups in total. The zero-order valence-corrected chi connectivity index (χ0v) is 12.2. The number of amides is 1. The van der Waals surface area contributed by atoms with Gasteiger partial charge in [0.1, 0.15) is 5.82 Å². The summed E-state index contributed by atoms with van der Waals surface area (Å²) in [4.78, 5) is 15.6. The molecule has 0 aromatic carbocycles. The summed E-state index contributed by atoms with van der Waals surface area (Å²) in [6.45, 7) is 3.01.